The van der Waals surface area contributed by atoms with E-state index in [0.717, 1.165) is 17.7 Å². The van der Waals surface area contributed by atoms with E-state index in [2.05, 4.69) is 17.0 Å². The van der Waals surface area contributed by atoms with Crippen LogP contribution in [0.1, 0.15) is 38.7 Å². The second kappa shape index (κ2) is 13.3. The minimum atomic E-state index is -3.97. The number of carbonyl (C=O) groups is 4. The topological polar surface area (TPSA) is 182 Å². The Labute approximate surface area is 202 Å². The first-order chi connectivity index (χ1) is 15.9. The number of barbiturate groups is 1. The first kappa shape index (κ1) is 29.4. The molecule has 0 radical (unpaired) electrons. The fraction of sp³-hybridized carbons (Fsp3) is 0.500. The maximum Gasteiger partial charge on any atom is 0.404 e. The average Bonchev–Trinajstić information content (AvgIpc) is 2.74. The molecule has 5 amide bonds. The second-order valence-corrected chi connectivity index (χ2v) is 9.52. The largest absolute Gasteiger partial charge is 0.442 e. The van der Waals surface area contributed by atoms with E-state index in [0.29, 0.717) is 12.2 Å². The van der Waals surface area contributed by atoms with Crippen LogP contribution in [-0.4, -0.2) is 67.7 Å². The van der Waals surface area contributed by atoms with Crippen LogP contribution in [0.4, 0.5) is 9.59 Å². The van der Waals surface area contributed by atoms with E-state index >= 15 is 0 Å². The number of hydrogen-bond acceptors (Lipinski definition) is 8. The number of primary amides is 1. The van der Waals surface area contributed by atoms with Gasteiger partial charge in [-0.3, -0.25) is 24.4 Å². The lowest BCUT2D eigenvalue weighted by atomic mass is 9.74. The molecule has 0 saturated carbocycles. The van der Waals surface area contributed by atoms with Gasteiger partial charge >= 0.3 is 21.3 Å². The van der Waals surface area contributed by atoms with Crippen LogP contribution in [0, 0.1) is 0 Å². The van der Waals surface area contributed by atoms with Crippen LogP contribution in [-0.2, 0) is 33.6 Å². The fourth-order valence-corrected chi connectivity index (χ4v) is 3.30. The third-order valence-corrected chi connectivity index (χ3v) is 4.88. The summed E-state index contributed by atoms with van der Waals surface area (Å²) in [5.41, 5.74) is 4.05. The number of nitrogens with one attached hydrogen (secondary N) is 1. The number of thiol groups is 1. The van der Waals surface area contributed by atoms with Crippen molar-refractivity contribution < 1.29 is 41.6 Å². The summed E-state index contributed by atoms with van der Waals surface area (Å²) in [6.07, 6.45) is -0.0994. The van der Waals surface area contributed by atoms with Crippen molar-refractivity contribution >= 4 is 44.7 Å². The Morgan fingerprint density at radius 1 is 1.24 bits per heavy atom. The van der Waals surface area contributed by atoms with Crippen LogP contribution in [0.15, 0.2) is 30.3 Å². The van der Waals surface area contributed by atoms with E-state index in [9.17, 15) is 19.2 Å². The second-order valence-electron chi connectivity index (χ2n) is 7.24. The van der Waals surface area contributed by atoms with Crippen LogP contribution in [0.3, 0.4) is 0 Å². The van der Waals surface area contributed by atoms with Gasteiger partial charge in [-0.25, -0.2) is 9.59 Å². The molecule has 12 nitrogen and oxygen atoms in total. The van der Waals surface area contributed by atoms with Crippen molar-refractivity contribution in [2.24, 2.45) is 5.73 Å². The molecule has 1 heterocycles. The van der Waals surface area contributed by atoms with E-state index in [-0.39, 0.29) is 19.6 Å². The Hall–Kier alpha value is -2.68. The van der Waals surface area contributed by atoms with Crippen LogP contribution >= 0.6 is 11.7 Å². The lowest BCUT2D eigenvalue weighted by Crippen LogP contribution is -2.67. The van der Waals surface area contributed by atoms with E-state index in [1.54, 1.807) is 37.3 Å². The first-order valence-corrected chi connectivity index (χ1v) is 12.8. The van der Waals surface area contributed by atoms with E-state index in [1.807, 2.05) is 6.92 Å². The summed E-state index contributed by atoms with van der Waals surface area (Å²) in [6.45, 7) is 3.84. The molecule has 0 spiro atoms. The number of ether oxygens (including phenoxy) is 2. The highest BCUT2D eigenvalue weighted by atomic mass is 33.1. The fourth-order valence-electron chi connectivity index (χ4n) is 3.30. The first-order valence-electron chi connectivity index (χ1n) is 10.3. The zero-order chi connectivity index (χ0) is 25.9. The summed E-state index contributed by atoms with van der Waals surface area (Å²) in [4.78, 5) is 50.6. The van der Waals surface area contributed by atoms with E-state index in [1.165, 1.54) is 0 Å². The molecule has 0 bridgehead atoms. The van der Waals surface area contributed by atoms with Gasteiger partial charge in [0.05, 0.1) is 13.2 Å². The van der Waals surface area contributed by atoms with Crippen molar-refractivity contribution in [3.8, 4) is 0 Å². The standard InChI is InChI=1S/C20H27N3O6.H2O3S2/c1-3-5-11-28-13-15(29-18(21)26)12-23-17(25)20(4-2,16(24)22-19(23)27)14-9-7-6-8-10-14;1-5(2,3)4/h6-10,15H,3-5,11-13H2,1-2H3,(H2,21,26)(H,22,24,27);(H2,1,2,3,4). The highest BCUT2D eigenvalue weighted by Gasteiger charge is 2.54. The minimum absolute atomic E-state index is 0.0294. The molecular formula is C20H29N3O9S2. The number of nitrogens with zero attached hydrogens (tertiary/aromatic N) is 1. The predicted octanol–water partition coefficient (Wildman–Crippen LogP) is 1.41. The van der Waals surface area contributed by atoms with Gasteiger partial charge < -0.3 is 15.2 Å². The molecule has 1 aliphatic heterocycles. The normalized spacial score (nSPS) is 19.1. The summed E-state index contributed by atoms with van der Waals surface area (Å²) in [7, 11) is -3.97. The third kappa shape index (κ3) is 8.59. The molecule has 0 aromatic heterocycles. The van der Waals surface area contributed by atoms with Crippen molar-refractivity contribution in [3.63, 3.8) is 0 Å². The molecule has 0 aliphatic carbocycles. The van der Waals surface area contributed by atoms with Crippen molar-refractivity contribution in [1.29, 1.82) is 0 Å². The highest BCUT2D eigenvalue weighted by Crippen LogP contribution is 2.33. The molecule has 4 N–H and O–H groups in total. The molecular weight excluding hydrogens is 490 g/mol. The van der Waals surface area contributed by atoms with Gasteiger partial charge in [-0.15, -0.1) is 0 Å². The SMILES string of the molecule is CCCCOCC(CN1C(=O)NC(=O)C(CC)(c2ccccc2)C1=O)OC(N)=O.O=S(=O)(O)S. The quantitative estimate of drug-likeness (QED) is 0.117. The van der Waals surface area contributed by atoms with E-state index in [4.69, 9.17) is 28.2 Å². The zero-order valence-corrected chi connectivity index (χ0v) is 20.5. The smallest absolute Gasteiger partial charge is 0.404 e. The lowest BCUT2D eigenvalue weighted by Gasteiger charge is -2.39. The number of imide groups is 2. The number of rotatable bonds is 10. The van der Waals surface area contributed by atoms with Gasteiger partial charge in [0.15, 0.2) is 5.41 Å². The highest BCUT2D eigenvalue weighted by molar-refractivity contribution is 8.61. The van der Waals surface area contributed by atoms with Gasteiger partial charge in [0.2, 0.25) is 5.91 Å². The summed E-state index contributed by atoms with van der Waals surface area (Å²) < 4.78 is 35.9. The summed E-state index contributed by atoms with van der Waals surface area (Å²) in [5, 5.41) is 2.25. The Morgan fingerprint density at radius 2 is 1.82 bits per heavy atom. The van der Waals surface area contributed by atoms with Gasteiger partial charge in [0.25, 0.3) is 5.91 Å². The molecule has 190 valence electrons. The van der Waals surface area contributed by atoms with Crippen molar-refractivity contribution in [1.82, 2.24) is 10.2 Å². The van der Waals surface area contributed by atoms with Crippen LogP contribution in [0.25, 0.3) is 0 Å². The molecule has 1 saturated heterocycles. The number of benzene rings is 1. The number of nitrogens with two attached hydrogens (primary N) is 1. The Morgan fingerprint density at radius 3 is 2.32 bits per heavy atom. The summed E-state index contributed by atoms with van der Waals surface area (Å²) in [6, 6.07) is 7.67. The predicted molar refractivity (Wildman–Crippen MR) is 124 cm³/mol. The average molecular weight is 520 g/mol. The van der Waals surface area contributed by atoms with Crippen molar-refractivity contribution in [2.45, 2.75) is 44.6 Å². The molecule has 1 aliphatic rings. The van der Waals surface area contributed by atoms with Gasteiger partial charge in [-0.1, -0.05) is 50.6 Å². The minimum Gasteiger partial charge on any atom is -0.442 e. The van der Waals surface area contributed by atoms with Crippen LogP contribution < -0.4 is 11.1 Å². The third-order valence-electron chi connectivity index (χ3n) is 4.88. The monoisotopic (exact) mass is 519 g/mol. The van der Waals surface area contributed by atoms with Gasteiger partial charge in [0.1, 0.15) is 6.10 Å². The molecule has 1 fully saturated rings. The Kier molecular flexibility index (Phi) is 11.5. The molecule has 2 rings (SSSR count). The molecule has 1 aromatic rings. The number of unbranched alkanes of at least 4 members (excludes halogenated alkanes) is 1. The Balaban J connectivity index is 0.00000104. The van der Waals surface area contributed by atoms with Crippen molar-refractivity contribution in [2.75, 3.05) is 19.8 Å². The maximum absolute atomic E-state index is 13.3. The number of carbonyl (C=O) groups excluding carboxylic acids is 4. The van der Waals surface area contributed by atoms with Gasteiger partial charge in [0, 0.05) is 6.61 Å². The molecule has 34 heavy (non-hydrogen) atoms. The van der Waals surface area contributed by atoms with Crippen LogP contribution in [0.2, 0.25) is 0 Å². The maximum atomic E-state index is 13.3. The number of urea groups is 1. The lowest BCUT2D eigenvalue weighted by molar-refractivity contribution is -0.146. The summed E-state index contributed by atoms with van der Waals surface area (Å²) in [5.74, 6) is -1.35. The Bertz CT molecular complexity index is 965. The van der Waals surface area contributed by atoms with Crippen molar-refractivity contribution in [3.05, 3.63) is 35.9 Å². The molecule has 14 heteroatoms. The summed E-state index contributed by atoms with van der Waals surface area (Å²) >= 11 is 2.65. The number of amides is 5. The molecule has 2 atom stereocenters. The van der Waals surface area contributed by atoms with E-state index < -0.39 is 44.6 Å². The number of hydrogen-bond donors (Lipinski definition) is 4. The molecule has 1 aromatic carbocycles. The van der Waals surface area contributed by atoms with Gasteiger partial charge in [-0.05, 0) is 30.1 Å². The zero-order valence-electron chi connectivity index (χ0n) is 18.8. The van der Waals surface area contributed by atoms with Crippen LogP contribution in [0.5, 0.6) is 0 Å². The van der Waals surface area contributed by atoms with Gasteiger partial charge in [-0.2, -0.15) is 8.42 Å². The molecule has 2 unspecified atom stereocenters.